The summed E-state index contributed by atoms with van der Waals surface area (Å²) in [7, 11) is 0. The van der Waals surface area contributed by atoms with E-state index in [1.54, 1.807) is 4.90 Å². The first-order chi connectivity index (χ1) is 13.1. The molecule has 0 unspecified atom stereocenters. The Balaban J connectivity index is 1.53. The molecule has 1 saturated carbocycles. The van der Waals surface area contributed by atoms with Crippen LogP contribution in [0.5, 0.6) is 0 Å². The van der Waals surface area contributed by atoms with Gasteiger partial charge in [-0.05, 0) is 55.0 Å². The van der Waals surface area contributed by atoms with Gasteiger partial charge in [-0.1, -0.05) is 42.8 Å². The number of benzene rings is 2. The first-order valence-corrected chi connectivity index (χ1v) is 10.2. The number of nitrogens with zero attached hydrogens (tertiary/aromatic N) is 2. The van der Waals surface area contributed by atoms with E-state index < -0.39 is 0 Å². The summed E-state index contributed by atoms with van der Waals surface area (Å²) in [5.41, 5.74) is 1.16. The Kier molecular flexibility index (Phi) is 5.15. The van der Waals surface area contributed by atoms with Gasteiger partial charge in [-0.3, -0.25) is 9.59 Å². The van der Waals surface area contributed by atoms with Crippen LogP contribution in [0.2, 0.25) is 0 Å². The van der Waals surface area contributed by atoms with E-state index in [0.717, 1.165) is 37.7 Å². The van der Waals surface area contributed by atoms with Gasteiger partial charge in [0.05, 0.1) is 12.6 Å². The highest BCUT2D eigenvalue weighted by molar-refractivity contribution is 5.86. The fraction of sp³-hybridized carbons (Fsp3) is 0.478. The lowest BCUT2D eigenvalue weighted by atomic mass is 10.0. The fourth-order valence-corrected chi connectivity index (χ4v) is 4.17. The number of amides is 2. The SMILES string of the molecule is C[C@@H](c1ccc2ccccc2c1)N(C(=O)CN1CCCCCC1=O)C1CC1. The number of hydrogen-bond donors (Lipinski definition) is 0. The van der Waals surface area contributed by atoms with Crippen LogP contribution in [0.4, 0.5) is 0 Å². The lowest BCUT2D eigenvalue weighted by molar-refractivity contribution is -0.142. The standard InChI is InChI=1S/C23H28N2O2/c1-17(19-11-10-18-7-4-5-8-20(18)15-19)25(21-12-13-21)23(27)16-24-14-6-2-3-9-22(24)26/h4-5,7-8,10-11,15,17,21H,2-3,6,9,12-14,16H2,1H3/t17-/m0/s1. The molecule has 1 aliphatic carbocycles. The molecule has 2 aromatic carbocycles. The lowest BCUT2D eigenvalue weighted by Crippen LogP contribution is -2.44. The third-order valence-corrected chi connectivity index (χ3v) is 5.90. The topological polar surface area (TPSA) is 40.6 Å². The van der Waals surface area contributed by atoms with E-state index in [-0.39, 0.29) is 24.4 Å². The predicted octanol–water partition coefficient (Wildman–Crippen LogP) is 4.29. The molecular weight excluding hydrogens is 336 g/mol. The average molecular weight is 364 g/mol. The molecule has 4 nitrogen and oxygen atoms in total. The first-order valence-electron chi connectivity index (χ1n) is 10.2. The van der Waals surface area contributed by atoms with Crippen LogP contribution in [0.25, 0.3) is 10.8 Å². The highest BCUT2D eigenvalue weighted by Gasteiger charge is 2.37. The molecule has 0 N–H and O–H groups in total. The molecule has 1 aliphatic heterocycles. The molecule has 4 heteroatoms. The second-order valence-corrected chi connectivity index (χ2v) is 7.94. The molecule has 4 rings (SSSR count). The summed E-state index contributed by atoms with van der Waals surface area (Å²) in [6.45, 7) is 3.06. The largest absolute Gasteiger partial charge is 0.333 e. The van der Waals surface area contributed by atoms with E-state index in [0.29, 0.717) is 19.0 Å². The quantitative estimate of drug-likeness (QED) is 0.794. The second kappa shape index (κ2) is 7.71. The minimum atomic E-state index is 0.0247. The monoisotopic (exact) mass is 364 g/mol. The number of hydrogen-bond acceptors (Lipinski definition) is 2. The number of carbonyl (C=O) groups excluding carboxylic acids is 2. The van der Waals surface area contributed by atoms with E-state index in [2.05, 4.69) is 37.3 Å². The van der Waals surface area contributed by atoms with Crippen LogP contribution >= 0.6 is 0 Å². The van der Waals surface area contributed by atoms with Gasteiger partial charge in [0.2, 0.25) is 11.8 Å². The average Bonchev–Trinajstić information content (AvgIpc) is 3.52. The molecule has 2 aromatic rings. The van der Waals surface area contributed by atoms with Crippen LogP contribution in [0.1, 0.15) is 57.1 Å². The summed E-state index contributed by atoms with van der Waals surface area (Å²) in [6, 6.07) is 15.1. The van der Waals surface area contributed by atoms with Crippen LogP contribution in [0.3, 0.4) is 0 Å². The maximum absolute atomic E-state index is 13.2. The lowest BCUT2D eigenvalue weighted by Gasteiger charge is -2.32. The van der Waals surface area contributed by atoms with Gasteiger partial charge in [0, 0.05) is 19.0 Å². The predicted molar refractivity (Wildman–Crippen MR) is 107 cm³/mol. The van der Waals surface area contributed by atoms with Crippen molar-refractivity contribution in [2.45, 2.75) is 57.5 Å². The fourth-order valence-electron chi connectivity index (χ4n) is 4.17. The van der Waals surface area contributed by atoms with Gasteiger partial charge in [-0.25, -0.2) is 0 Å². The Morgan fingerprint density at radius 3 is 2.67 bits per heavy atom. The third-order valence-electron chi connectivity index (χ3n) is 5.90. The molecule has 0 aromatic heterocycles. The smallest absolute Gasteiger partial charge is 0.242 e. The van der Waals surface area contributed by atoms with Crippen LogP contribution in [-0.4, -0.2) is 40.7 Å². The van der Waals surface area contributed by atoms with E-state index in [1.165, 1.54) is 10.8 Å². The van der Waals surface area contributed by atoms with Crippen LogP contribution in [0.15, 0.2) is 42.5 Å². The summed E-state index contributed by atoms with van der Waals surface area (Å²) in [5.74, 6) is 0.225. The van der Waals surface area contributed by atoms with Gasteiger partial charge in [0.1, 0.15) is 0 Å². The van der Waals surface area contributed by atoms with Gasteiger partial charge in [-0.15, -0.1) is 0 Å². The molecule has 1 atom stereocenters. The van der Waals surface area contributed by atoms with Crippen molar-refractivity contribution in [1.82, 2.24) is 9.80 Å². The molecule has 2 fully saturated rings. The van der Waals surface area contributed by atoms with E-state index >= 15 is 0 Å². The number of likely N-dealkylation sites (tertiary alicyclic amines) is 1. The Morgan fingerprint density at radius 2 is 1.89 bits per heavy atom. The number of carbonyl (C=O) groups is 2. The zero-order valence-corrected chi connectivity index (χ0v) is 16.1. The molecule has 27 heavy (non-hydrogen) atoms. The van der Waals surface area contributed by atoms with Crippen molar-refractivity contribution in [3.05, 3.63) is 48.0 Å². The zero-order valence-electron chi connectivity index (χ0n) is 16.1. The zero-order chi connectivity index (χ0) is 18.8. The highest BCUT2D eigenvalue weighted by atomic mass is 16.2. The normalized spacial score (nSPS) is 19.0. The molecule has 2 amide bonds. The molecule has 0 radical (unpaired) electrons. The van der Waals surface area contributed by atoms with Crippen molar-refractivity contribution in [2.24, 2.45) is 0 Å². The van der Waals surface area contributed by atoms with Gasteiger partial charge in [-0.2, -0.15) is 0 Å². The second-order valence-electron chi connectivity index (χ2n) is 7.94. The van der Waals surface area contributed by atoms with Gasteiger partial charge in [0.15, 0.2) is 0 Å². The summed E-state index contributed by atoms with van der Waals surface area (Å²) in [6.07, 6.45) is 5.74. The first kappa shape index (κ1) is 18.0. The Bertz CT molecular complexity index is 843. The van der Waals surface area contributed by atoms with Crippen molar-refractivity contribution < 1.29 is 9.59 Å². The van der Waals surface area contributed by atoms with Gasteiger partial charge >= 0.3 is 0 Å². The number of rotatable bonds is 5. The molecule has 1 saturated heterocycles. The minimum Gasteiger partial charge on any atom is -0.333 e. The van der Waals surface area contributed by atoms with Crippen molar-refractivity contribution in [3.8, 4) is 0 Å². The van der Waals surface area contributed by atoms with Gasteiger partial charge in [0.25, 0.3) is 0 Å². The Hall–Kier alpha value is -2.36. The van der Waals surface area contributed by atoms with Crippen LogP contribution in [-0.2, 0) is 9.59 Å². The third kappa shape index (κ3) is 4.00. The molecular formula is C23H28N2O2. The molecule has 142 valence electrons. The molecule has 1 heterocycles. The molecule has 2 aliphatic rings. The molecule has 0 bridgehead atoms. The Morgan fingerprint density at radius 1 is 1.11 bits per heavy atom. The maximum atomic E-state index is 13.2. The van der Waals surface area contributed by atoms with E-state index in [1.807, 2.05) is 17.0 Å². The van der Waals surface area contributed by atoms with Crippen molar-refractivity contribution in [3.63, 3.8) is 0 Å². The number of fused-ring (bicyclic) bond motifs is 1. The highest BCUT2D eigenvalue weighted by Crippen LogP contribution is 2.35. The summed E-state index contributed by atoms with van der Waals surface area (Å²) in [4.78, 5) is 29.3. The van der Waals surface area contributed by atoms with Crippen molar-refractivity contribution in [2.75, 3.05) is 13.1 Å². The Labute approximate surface area is 161 Å². The van der Waals surface area contributed by atoms with E-state index in [9.17, 15) is 9.59 Å². The van der Waals surface area contributed by atoms with Crippen molar-refractivity contribution in [1.29, 1.82) is 0 Å². The maximum Gasteiger partial charge on any atom is 0.242 e. The van der Waals surface area contributed by atoms with Gasteiger partial charge < -0.3 is 9.80 Å². The molecule has 0 spiro atoms. The van der Waals surface area contributed by atoms with Crippen LogP contribution in [0, 0.1) is 0 Å². The van der Waals surface area contributed by atoms with Crippen molar-refractivity contribution >= 4 is 22.6 Å². The van der Waals surface area contributed by atoms with Crippen LogP contribution < -0.4 is 0 Å². The summed E-state index contributed by atoms with van der Waals surface area (Å²) in [5, 5.41) is 2.42. The van der Waals surface area contributed by atoms with E-state index in [4.69, 9.17) is 0 Å². The summed E-state index contributed by atoms with van der Waals surface area (Å²) >= 11 is 0. The summed E-state index contributed by atoms with van der Waals surface area (Å²) < 4.78 is 0. The minimum absolute atomic E-state index is 0.0247.